The summed E-state index contributed by atoms with van der Waals surface area (Å²) in [7, 11) is 3.28. The summed E-state index contributed by atoms with van der Waals surface area (Å²) in [6.45, 7) is 1.21. The Morgan fingerprint density at radius 2 is 1.75 bits per heavy atom. The molecule has 5 nitrogen and oxygen atoms in total. The minimum absolute atomic E-state index is 0.00858. The summed E-state index contributed by atoms with van der Waals surface area (Å²) in [5.41, 5.74) is 2.88. The Bertz CT molecular complexity index is 843. The fraction of sp³-hybridized carbons (Fsp3) is 0.435. The van der Waals surface area contributed by atoms with Gasteiger partial charge in [0.2, 0.25) is 5.91 Å². The summed E-state index contributed by atoms with van der Waals surface area (Å²) < 4.78 is 16.5. The first-order chi connectivity index (χ1) is 13.7. The SMILES string of the molecule is COc1cc2c(cc1OC)[C@H](NC(=O)C1(c3ccccc3)CCOCC1)CC2. The zero-order chi connectivity index (χ0) is 19.6. The third-order valence-corrected chi connectivity index (χ3v) is 6.14. The van der Waals surface area contributed by atoms with E-state index in [0.29, 0.717) is 31.8 Å². The standard InChI is InChI=1S/C23H27NO4/c1-26-20-14-16-8-9-19(18(16)15-21(20)27-2)24-22(25)23(10-12-28-13-11-23)17-6-4-3-5-7-17/h3-7,14-15,19H,8-13H2,1-2H3,(H,24,25)/t19-/m1/s1. The molecule has 1 fully saturated rings. The average Bonchev–Trinajstić information content (AvgIpc) is 3.15. The second kappa shape index (κ2) is 7.84. The van der Waals surface area contributed by atoms with Crippen molar-refractivity contribution in [1.29, 1.82) is 0 Å². The van der Waals surface area contributed by atoms with Crippen LogP contribution in [0.4, 0.5) is 0 Å². The van der Waals surface area contributed by atoms with Gasteiger partial charge in [-0.25, -0.2) is 0 Å². The van der Waals surface area contributed by atoms with Crippen LogP contribution in [0.25, 0.3) is 0 Å². The van der Waals surface area contributed by atoms with E-state index in [2.05, 4.69) is 17.4 Å². The molecule has 0 unspecified atom stereocenters. The molecular formula is C23H27NO4. The van der Waals surface area contributed by atoms with Crippen LogP contribution in [0.2, 0.25) is 0 Å². The van der Waals surface area contributed by atoms with Gasteiger partial charge in [-0.05, 0) is 54.5 Å². The zero-order valence-electron chi connectivity index (χ0n) is 16.5. The van der Waals surface area contributed by atoms with Gasteiger partial charge in [0.05, 0.1) is 25.7 Å². The van der Waals surface area contributed by atoms with Gasteiger partial charge >= 0.3 is 0 Å². The lowest BCUT2D eigenvalue weighted by atomic mass is 9.73. The number of amides is 1. The number of ether oxygens (including phenoxy) is 3. The van der Waals surface area contributed by atoms with Gasteiger partial charge in [-0.2, -0.15) is 0 Å². The number of hydrogen-bond donors (Lipinski definition) is 1. The molecular weight excluding hydrogens is 354 g/mol. The normalized spacial score (nSPS) is 20.3. The maximum absolute atomic E-state index is 13.5. The van der Waals surface area contributed by atoms with Gasteiger partial charge in [-0.3, -0.25) is 4.79 Å². The van der Waals surface area contributed by atoms with Gasteiger partial charge in [0, 0.05) is 13.2 Å². The van der Waals surface area contributed by atoms with E-state index in [0.717, 1.165) is 29.7 Å². The molecule has 0 spiro atoms. The van der Waals surface area contributed by atoms with Crippen LogP contribution in [-0.2, 0) is 21.4 Å². The molecule has 1 atom stereocenters. The highest BCUT2D eigenvalue weighted by atomic mass is 16.5. The minimum Gasteiger partial charge on any atom is -0.493 e. The molecule has 1 aliphatic carbocycles. The molecule has 0 bridgehead atoms. The number of fused-ring (bicyclic) bond motifs is 1. The summed E-state index contributed by atoms with van der Waals surface area (Å²) in [5.74, 6) is 1.53. The lowest BCUT2D eigenvalue weighted by Crippen LogP contribution is -2.48. The Balaban J connectivity index is 1.62. The van der Waals surface area contributed by atoms with Crippen molar-refractivity contribution in [2.45, 2.75) is 37.1 Å². The molecule has 1 aliphatic heterocycles. The van der Waals surface area contributed by atoms with E-state index in [-0.39, 0.29) is 11.9 Å². The molecule has 1 saturated heterocycles. The number of nitrogens with one attached hydrogen (secondary N) is 1. The molecule has 1 heterocycles. The van der Waals surface area contributed by atoms with Crippen molar-refractivity contribution in [3.63, 3.8) is 0 Å². The van der Waals surface area contributed by atoms with Crippen molar-refractivity contribution in [2.24, 2.45) is 0 Å². The van der Waals surface area contributed by atoms with E-state index in [1.54, 1.807) is 14.2 Å². The van der Waals surface area contributed by atoms with Crippen LogP contribution in [0.1, 0.15) is 42.0 Å². The third kappa shape index (κ3) is 3.24. The van der Waals surface area contributed by atoms with Crippen LogP contribution in [-0.4, -0.2) is 33.3 Å². The van der Waals surface area contributed by atoms with Crippen molar-refractivity contribution >= 4 is 5.91 Å². The maximum atomic E-state index is 13.5. The number of rotatable bonds is 5. The highest BCUT2D eigenvalue weighted by Crippen LogP contribution is 2.41. The predicted molar refractivity (Wildman–Crippen MR) is 107 cm³/mol. The van der Waals surface area contributed by atoms with Gasteiger partial charge in [-0.1, -0.05) is 30.3 Å². The predicted octanol–water partition coefficient (Wildman–Crippen LogP) is 3.56. The first-order valence-corrected chi connectivity index (χ1v) is 9.87. The quantitative estimate of drug-likeness (QED) is 0.861. The first-order valence-electron chi connectivity index (χ1n) is 9.87. The highest BCUT2D eigenvalue weighted by molar-refractivity contribution is 5.89. The van der Waals surface area contributed by atoms with Gasteiger partial charge in [-0.15, -0.1) is 0 Å². The molecule has 1 N–H and O–H groups in total. The smallest absolute Gasteiger partial charge is 0.231 e. The Hall–Kier alpha value is -2.53. The van der Waals surface area contributed by atoms with Gasteiger partial charge in [0.15, 0.2) is 11.5 Å². The number of benzene rings is 2. The van der Waals surface area contributed by atoms with E-state index in [1.165, 1.54) is 5.56 Å². The largest absolute Gasteiger partial charge is 0.493 e. The van der Waals surface area contributed by atoms with Crippen molar-refractivity contribution in [3.8, 4) is 11.5 Å². The topological polar surface area (TPSA) is 56.8 Å². The second-order valence-corrected chi connectivity index (χ2v) is 7.53. The third-order valence-electron chi connectivity index (χ3n) is 6.14. The molecule has 2 aliphatic rings. The zero-order valence-corrected chi connectivity index (χ0v) is 16.5. The van der Waals surface area contributed by atoms with Gasteiger partial charge in [0.1, 0.15) is 0 Å². The van der Waals surface area contributed by atoms with Crippen LogP contribution >= 0.6 is 0 Å². The van der Waals surface area contributed by atoms with Crippen LogP contribution in [0.5, 0.6) is 11.5 Å². The maximum Gasteiger partial charge on any atom is 0.231 e. The Morgan fingerprint density at radius 3 is 2.43 bits per heavy atom. The summed E-state index contributed by atoms with van der Waals surface area (Å²) >= 11 is 0. The summed E-state index contributed by atoms with van der Waals surface area (Å²) in [5, 5.41) is 3.34. The minimum atomic E-state index is -0.529. The number of carbonyl (C=O) groups excluding carboxylic acids is 1. The van der Waals surface area contributed by atoms with Crippen molar-refractivity contribution < 1.29 is 19.0 Å². The van der Waals surface area contributed by atoms with E-state index < -0.39 is 5.41 Å². The van der Waals surface area contributed by atoms with Crippen LogP contribution < -0.4 is 14.8 Å². The fourth-order valence-corrected chi connectivity index (χ4v) is 4.50. The summed E-state index contributed by atoms with van der Waals surface area (Å²) in [6, 6.07) is 14.1. The van der Waals surface area contributed by atoms with Gasteiger partial charge < -0.3 is 19.5 Å². The van der Waals surface area contributed by atoms with Crippen molar-refractivity contribution in [2.75, 3.05) is 27.4 Å². The Labute approximate surface area is 166 Å². The van der Waals surface area contributed by atoms with E-state index in [9.17, 15) is 4.79 Å². The number of hydrogen-bond acceptors (Lipinski definition) is 4. The number of aryl methyl sites for hydroxylation is 1. The Kier molecular flexibility index (Phi) is 5.27. The van der Waals surface area contributed by atoms with Crippen LogP contribution in [0.15, 0.2) is 42.5 Å². The van der Waals surface area contributed by atoms with Gasteiger partial charge in [0.25, 0.3) is 0 Å². The lowest BCUT2D eigenvalue weighted by molar-refractivity contribution is -0.131. The van der Waals surface area contributed by atoms with E-state index in [1.807, 2.05) is 30.3 Å². The van der Waals surface area contributed by atoms with Crippen molar-refractivity contribution in [1.82, 2.24) is 5.32 Å². The van der Waals surface area contributed by atoms with Crippen LogP contribution in [0, 0.1) is 0 Å². The number of carbonyl (C=O) groups is 1. The fourth-order valence-electron chi connectivity index (χ4n) is 4.50. The van der Waals surface area contributed by atoms with Crippen LogP contribution in [0.3, 0.4) is 0 Å². The van der Waals surface area contributed by atoms with E-state index in [4.69, 9.17) is 14.2 Å². The summed E-state index contributed by atoms with van der Waals surface area (Å²) in [6.07, 6.45) is 3.21. The molecule has 5 heteroatoms. The molecule has 2 aromatic rings. The first kappa shape index (κ1) is 18.8. The highest BCUT2D eigenvalue weighted by Gasteiger charge is 2.43. The van der Waals surface area contributed by atoms with E-state index >= 15 is 0 Å². The molecule has 1 amide bonds. The molecule has 0 radical (unpaired) electrons. The average molecular weight is 381 g/mol. The molecule has 4 rings (SSSR count). The molecule has 0 saturated carbocycles. The number of methoxy groups -OCH3 is 2. The lowest BCUT2D eigenvalue weighted by Gasteiger charge is -2.37. The molecule has 2 aromatic carbocycles. The molecule has 0 aromatic heterocycles. The Morgan fingerprint density at radius 1 is 1.07 bits per heavy atom. The van der Waals surface area contributed by atoms with Crippen molar-refractivity contribution in [3.05, 3.63) is 59.2 Å². The summed E-state index contributed by atoms with van der Waals surface area (Å²) in [4.78, 5) is 13.5. The molecule has 28 heavy (non-hydrogen) atoms. The monoisotopic (exact) mass is 381 g/mol. The molecule has 148 valence electrons. The second-order valence-electron chi connectivity index (χ2n) is 7.53.